The topological polar surface area (TPSA) is 80.6 Å². The van der Waals surface area contributed by atoms with Gasteiger partial charge in [-0.25, -0.2) is 0 Å². The molecule has 3 aromatic carbocycles. The van der Waals surface area contributed by atoms with E-state index in [1.807, 2.05) is 60.7 Å². The third kappa shape index (κ3) is 4.43. The second-order valence-electron chi connectivity index (χ2n) is 6.84. The van der Waals surface area contributed by atoms with Gasteiger partial charge in [-0.05, 0) is 45.3 Å². The van der Waals surface area contributed by atoms with E-state index in [0.717, 1.165) is 16.7 Å². The minimum atomic E-state index is -0.563. The highest BCUT2D eigenvalue weighted by molar-refractivity contribution is 9.10. The summed E-state index contributed by atoms with van der Waals surface area (Å²) in [6.07, 6.45) is 1.55. The summed E-state index contributed by atoms with van der Waals surface area (Å²) in [6.45, 7) is 0. The Morgan fingerprint density at radius 2 is 1.47 bits per heavy atom. The molecule has 160 valence electrons. The fraction of sp³-hybridized carbons (Fsp3) is 0.0400. The normalized spacial score (nSPS) is 10.4. The summed E-state index contributed by atoms with van der Waals surface area (Å²) in [5.41, 5.74) is 8.40. The minimum absolute atomic E-state index is 0.103. The molecule has 0 fully saturated rings. The monoisotopic (exact) mass is 490 g/mol. The summed E-state index contributed by atoms with van der Waals surface area (Å²) in [5, 5.41) is 0. The zero-order valence-corrected chi connectivity index (χ0v) is 18.7. The van der Waals surface area contributed by atoms with Crippen LogP contribution in [0.25, 0.3) is 22.3 Å². The van der Waals surface area contributed by atoms with Crippen LogP contribution in [0.3, 0.4) is 0 Å². The summed E-state index contributed by atoms with van der Waals surface area (Å²) < 4.78 is 11.5. The van der Waals surface area contributed by atoms with Crippen molar-refractivity contribution in [2.24, 2.45) is 0 Å². The van der Waals surface area contributed by atoms with Gasteiger partial charge in [-0.2, -0.15) is 0 Å². The molecule has 0 unspecified atom stereocenters. The molecule has 0 aliphatic heterocycles. The van der Waals surface area contributed by atoms with E-state index in [-0.39, 0.29) is 5.76 Å². The fourth-order valence-corrected chi connectivity index (χ4v) is 3.84. The molecule has 32 heavy (non-hydrogen) atoms. The molecule has 0 aliphatic carbocycles. The van der Waals surface area contributed by atoms with Crippen LogP contribution in [0.5, 0.6) is 5.75 Å². The van der Waals surface area contributed by atoms with E-state index in [0.29, 0.717) is 21.3 Å². The van der Waals surface area contributed by atoms with E-state index in [9.17, 15) is 9.59 Å². The molecule has 0 atom stereocenters. The number of halogens is 1. The molecule has 4 aromatic rings. The second-order valence-corrected chi connectivity index (χ2v) is 7.70. The van der Waals surface area contributed by atoms with Gasteiger partial charge in [-0.1, -0.05) is 60.7 Å². The van der Waals surface area contributed by atoms with E-state index in [1.165, 1.54) is 7.11 Å². The van der Waals surface area contributed by atoms with E-state index in [4.69, 9.17) is 9.15 Å². The zero-order chi connectivity index (χ0) is 22.5. The van der Waals surface area contributed by atoms with Crippen molar-refractivity contribution >= 4 is 27.7 Å². The molecule has 0 aliphatic rings. The van der Waals surface area contributed by atoms with Crippen LogP contribution in [-0.2, 0) is 0 Å². The first-order chi connectivity index (χ1) is 15.6. The Kier molecular flexibility index (Phi) is 6.37. The van der Waals surface area contributed by atoms with Crippen LogP contribution in [0.15, 0.2) is 94.0 Å². The number of methoxy groups -OCH3 is 1. The summed E-state index contributed by atoms with van der Waals surface area (Å²) in [5.74, 6) is -0.335. The smallest absolute Gasteiger partial charge is 0.306 e. The summed E-state index contributed by atoms with van der Waals surface area (Å²) in [4.78, 5) is 25.4. The lowest BCUT2D eigenvalue weighted by Crippen LogP contribution is -2.41. The van der Waals surface area contributed by atoms with Crippen molar-refractivity contribution in [2.75, 3.05) is 7.11 Å². The highest BCUT2D eigenvalue weighted by atomic mass is 79.9. The SMILES string of the molecule is COc1ccc(C(=O)NNC(=O)c2occ(-c3ccccc3)c2-c2ccccc2)cc1Br. The Balaban J connectivity index is 1.59. The predicted octanol–water partition coefficient (Wildman–Crippen LogP) is 5.46. The van der Waals surface area contributed by atoms with Crippen LogP contribution in [0.2, 0.25) is 0 Å². The molecule has 0 saturated carbocycles. The van der Waals surface area contributed by atoms with Gasteiger partial charge < -0.3 is 9.15 Å². The predicted molar refractivity (Wildman–Crippen MR) is 125 cm³/mol. The number of benzene rings is 3. The lowest BCUT2D eigenvalue weighted by atomic mass is 9.96. The first kappa shape index (κ1) is 21.4. The van der Waals surface area contributed by atoms with Gasteiger partial charge in [0, 0.05) is 16.7 Å². The molecule has 1 aromatic heterocycles. The van der Waals surface area contributed by atoms with Gasteiger partial charge in [0.1, 0.15) is 5.75 Å². The lowest BCUT2D eigenvalue weighted by molar-refractivity contribution is 0.0831. The van der Waals surface area contributed by atoms with E-state index >= 15 is 0 Å². The first-order valence-electron chi connectivity index (χ1n) is 9.75. The maximum absolute atomic E-state index is 12.9. The van der Waals surface area contributed by atoms with Crippen molar-refractivity contribution in [1.29, 1.82) is 0 Å². The van der Waals surface area contributed by atoms with Crippen molar-refractivity contribution < 1.29 is 18.7 Å². The number of amides is 2. The number of rotatable bonds is 5. The Bertz CT molecular complexity index is 1250. The highest BCUT2D eigenvalue weighted by Crippen LogP contribution is 2.36. The van der Waals surface area contributed by atoms with Crippen LogP contribution < -0.4 is 15.6 Å². The molecule has 6 nitrogen and oxygen atoms in total. The number of hydrogen-bond acceptors (Lipinski definition) is 4. The summed E-state index contributed by atoms with van der Waals surface area (Å²) in [6, 6.07) is 24.0. The number of furan rings is 1. The van der Waals surface area contributed by atoms with Gasteiger partial charge in [0.15, 0.2) is 0 Å². The van der Waals surface area contributed by atoms with Gasteiger partial charge >= 0.3 is 5.91 Å². The number of ether oxygens (including phenoxy) is 1. The summed E-state index contributed by atoms with van der Waals surface area (Å²) >= 11 is 3.35. The molecule has 0 radical (unpaired) electrons. The number of hydrogen-bond donors (Lipinski definition) is 2. The van der Waals surface area contributed by atoms with Crippen molar-refractivity contribution in [1.82, 2.24) is 10.9 Å². The van der Waals surface area contributed by atoms with Crippen molar-refractivity contribution in [3.8, 4) is 28.0 Å². The van der Waals surface area contributed by atoms with Crippen LogP contribution in [0.1, 0.15) is 20.9 Å². The number of carbonyl (C=O) groups is 2. The molecule has 2 N–H and O–H groups in total. The van der Waals surface area contributed by atoms with Crippen LogP contribution in [0.4, 0.5) is 0 Å². The number of nitrogens with one attached hydrogen (secondary N) is 2. The molecule has 0 bridgehead atoms. The summed E-state index contributed by atoms with van der Waals surface area (Å²) in [7, 11) is 1.54. The third-order valence-corrected chi connectivity index (χ3v) is 5.47. The molecule has 2 amide bonds. The first-order valence-corrected chi connectivity index (χ1v) is 10.5. The van der Waals surface area contributed by atoms with Gasteiger partial charge in [-0.15, -0.1) is 0 Å². The van der Waals surface area contributed by atoms with Crippen LogP contribution in [-0.4, -0.2) is 18.9 Å². The highest BCUT2D eigenvalue weighted by Gasteiger charge is 2.23. The second kappa shape index (κ2) is 9.53. The molecule has 4 rings (SSSR count). The van der Waals surface area contributed by atoms with Crippen molar-refractivity contribution in [2.45, 2.75) is 0 Å². The van der Waals surface area contributed by atoms with Crippen molar-refractivity contribution in [3.05, 3.63) is 101 Å². The quantitative estimate of drug-likeness (QED) is 0.364. The molecule has 0 saturated heterocycles. The molecular formula is C25H19BrN2O4. The molecule has 0 spiro atoms. The Morgan fingerprint density at radius 1 is 0.844 bits per heavy atom. The average Bonchev–Trinajstić information content (AvgIpc) is 3.28. The molecule has 7 heteroatoms. The number of carbonyl (C=O) groups excluding carboxylic acids is 2. The maximum Gasteiger partial charge on any atom is 0.306 e. The Labute approximate surface area is 193 Å². The van der Waals surface area contributed by atoms with Crippen molar-refractivity contribution in [3.63, 3.8) is 0 Å². The van der Waals surface area contributed by atoms with E-state index in [1.54, 1.807) is 24.5 Å². The third-order valence-electron chi connectivity index (χ3n) is 4.85. The number of hydrazine groups is 1. The van der Waals surface area contributed by atoms with Gasteiger partial charge in [0.05, 0.1) is 17.8 Å². The van der Waals surface area contributed by atoms with Gasteiger partial charge in [-0.3, -0.25) is 20.4 Å². The maximum atomic E-state index is 12.9. The van der Waals surface area contributed by atoms with Gasteiger partial charge in [0.25, 0.3) is 5.91 Å². The Hall–Kier alpha value is -3.84. The fourth-order valence-electron chi connectivity index (χ4n) is 3.30. The van der Waals surface area contributed by atoms with Crippen LogP contribution >= 0.6 is 15.9 Å². The Morgan fingerprint density at radius 3 is 2.09 bits per heavy atom. The zero-order valence-electron chi connectivity index (χ0n) is 17.1. The molecule has 1 heterocycles. The van der Waals surface area contributed by atoms with E-state index < -0.39 is 11.8 Å². The largest absolute Gasteiger partial charge is 0.496 e. The van der Waals surface area contributed by atoms with Gasteiger partial charge in [0.2, 0.25) is 5.76 Å². The lowest BCUT2D eigenvalue weighted by Gasteiger charge is -2.10. The standard InChI is InChI=1S/C25H19BrN2O4/c1-31-21-13-12-18(14-20(21)26)24(29)27-28-25(30)23-22(17-10-6-3-7-11-17)19(15-32-23)16-8-4-2-5-9-16/h2-15H,1H3,(H,27,29)(H,28,30). The minimum Gasteiger partial charge on any atom is -0.496 e. The molecular weight excluding hydrogens is 472 g/mol. The van der Waals surface area contributed by atoms with Crippen LogP contribution in [0, 0.1) is 0 Å². The van der Waals surface area contributed by atoms with E-state index in [2.05, 4.69) is 26.8 Å². The average molecular weight is 491 g/mol.